The Morgan fingerprint density at radius 2 is 2.04 bits per heavy atom. The second-order valence-electron chi connectivity index (χ2n) is 6.52. The third-order valence-corrected chi connectivity index (χ3v) is 4.69. The Bertz CT molecular complexity index is 894. The number of likely N-dealkylation sites (tertiary alicyclic amines) is 1. The Hall–Kier alpha value is -2.66. The first kappa shape index (κ1) is 15.8. The highest BCUT2D eigenvalue weighted by atomic mass is 16.5. The van der Waals surface area contributed by atoms with E-state index < -0.39 is 0 Å². The van der Waals surface area contributed by atoms with Crippen LogP contribution in [0.5, 0.6) is 5.75 Å². The maximum atomic E-state index is 6.21. The van der Waals surface area contributed by atoms with Gasteiger partial charge in [0.15, 0.2) is 5.65 Å². The summed E-state index contributed by atoms with van der Waals surface area (Å²) in [6, 6.07) is 12.0. The van der Waals surface area contributed by atoms with Crippen molar-refractivity contribution in [3.8, 4) is 17.0 Å². The third kappa shape index (κ3) is 3.28. The topological polar surface area (TPSA) is 42.7 Å². The minimum Gasteiger partial charge on any atom is -0.490 e. The molecule has 3 aromatic rings. The molecule has 5 heteroatoms. The molecule has 0 amide bonds. The zero-order valence-corrected chi connectivity index (χ0v) is 14.4. The van der Waals surface area contributed by atoms with Gasteiger partial charge in [0.1, 0.15) is 11.9 Å². The van der Waals surface area contributed by atoms with Crippen LogP contribution in [0.15, 0.2) is 49.2 Å². The molecule has 0 atom stereocenters. The number of hydrogen-bond acceptors (Lipinski definition) is 4. The second kappa shape index (κ2) is 6.69. The predicted molar refractivity (Wildman–Crippen MR) is 99.7 cm³/mol. The van der Waals surface area contributed by atoms with Crippen LogP contribution in [-0.2, 0) is 0 Å². The standard InChI is InChI=1S/C20H22N4O/c1-3-16-7-8-20-21-14-19(24(20)22-16)15-5-4-6-18(13-15)25-17-9-11-23(2)12-10-17/h3-8,13-14,17H,1,9-12H2,2H3. The lowest BCUT2D eigenvalue weighted by molar-refractivity contribution is 0.114. The molecule has 1 aliphatic rings. The van der Waals surface area contributed by atoms with Crippen molar-refractivity contribution in [1.29, 1.82) is 0 Å². The summed E-state index contributed by atoms with van der Waals surface area (Å²) in [5.74, 6) is 0.905. The molecule has 1 saturated heterocycles. The van der Waals surface area contributed by atoms with Crippen LogP contribution in [0.2, 0.25) is 0 Å². The van der Waals surface area contributed by atoms with E-state index >= 15 is 0 Å². The highest BCUT2D eigenvalue weighted by Crippen LogP contribution is 2.26. The fourth-order valence-electron chi connectivity index (χ4n) is 3.22. The van der Waals surface area contributed by atoms with Crippen LogP contribution >= 0.6 is 0 Å². The van der Waals surface area contributed by atoms with Crippen molar-refractivity contribution < 1.29 is 4.74 Å². The minimum absolute atomic E-state index is 0.291. The van der Waals surface area contributed by atoms with Crippen molar-refractivity contribution in [3.63, 3.8) is 0 Å². The first-order chi connectivity index (χ1) is 12.2. The van der Waals surface area contributed by atoms with E-state index in [1.54, 1.807) is 6.08 Å². The summed E-state index contributed by atoms with van der Waals surface area (Å²) in [6.07, 6.45) is 6.02. The van der Waals surface area contributed by atoms with Gasteiger partial charge in [0.05, 0.1) is 17.6 Å². The van der Waals surface area contributed by atoms with Crippen LogP contribution < -0.4 is 4.74 Å². The van der Waals surface area contributed by atoms with E-state index in [2.05, 4.69) is 40.7 Å². The van der Waals surface area contributed by atoms with Crippen molar-refractivity contribution in [2.45, 2.75) is 18.9 Å². The molecule has 1 fully saturated rings. The van der Waals surface area contributed by atoms with Crippen LogP contribution in [0.3, 0.4) is 0 Å². The average Bonchev–Trinajstić information content (AvgIpc) is 3.07. The van der Waals surface area contributed by atoms with E-state index in [0.717, 1.165) is 54.3 Å². The molecule has 0 unspecified atom stereocenters. The molecule has 1 aromatic carbocycles. The van der Waals surface area contributed by atoms with Gasteiger partial charge in [0, 0.05) is 18.7 Å². The van der Waals surface area contributed by atoms with Gasteiger partial charge < -0.3 is 9.64 Å². The summed E-state index contributed by atoms with van der Waals surface area (Å²) in [6.45, 7) is 5.97. The van der Waals surface area contributed by atoms with Crippen LogP contribution in [0.25, 0.3) is 23.0 Å². The van der Waals surface area contributed by atoms with Gasteiger partial charge in [-0.05, 0) is 50.2 Å². The summed E-state index contributed by atoms with van der Waals surface area (Å²) >= 11 is 0. The molecule has 4 rings (SSSR count). The van der Waals surface area contributed by atoms with Gasteiger partial charge in [-0.3, -0.25) is 0 Å². The van der Waals surface area contributed by atoms with Gasteiger partial charge in [-0.25, -0.2) is 9.50 Å². The number of ether oxygens (including phenoxy) is 1. The maximum Gasteiger partial charge on any atom is 0.154 e. The highest BCUT2D eigenvalue weighted by Gasteiger charge is 2.18. The number of aromatic nitrogens is 3. The summed E-state index contributed by atoms with van der Waals surface area (Å²) in [5.41, 5.74) is 3.65. The van der Waals surface area contributed by atoms with Crippen LogP contribution in [0.4, 0.5) is 0 Å². The van der Waals surface area contributed by atoms with Crippen molar-refractivity contribution >= 4 is 11.7 Å². The fourth-order valence-corrected chi connectivity index (χ4v) is 3.22. The van der Waals surface area contributed by atoms with Gasteiger partial charge >= 0.3 is 0 Å². The summed E-state index contributed by atoms with van der Waals surface area (Å²) in [5, 5.41) is 4.57. The number of imidazole rings is 1. The Kier molecular flexibility index (Phi) is 4.24. The van der Waals surface area contributed by atoms with E-state index in [9.17, 15) is 0 Å². The summed E-state index contributed by atoms with van der Waals surface area (Å²) in [7, 11) is 2.16. The Morgan fingerprint density at radius 3 is 2.84 bits per heavy atom. The molecule has 1 aliphatic heterocycles. The largest absolute Gasteiger partial charge is 0.490 e. The van der Waals surface area contributed by atoms with Crippen molar-refractivity contribution in [1.82, 2.24) is 19.5 Å². The van der Waals surface area contributed by atoms with Gasteiger partial charge in [-0.2, -0.15) is 5.10 Å². The SMILES string of the molecule is C=Cc1ccc2ncc(-c3cccc(OC4CCN(C)CC4)c3)n2n1. The van der Waals surface area contributed by atoms with Gasteiger partial charge in [-0.15, -0.1) is 0 Å². The molecule has 0 saturated carbocycles. The molecule has 128 valence electrons. The van der Waals surface area contributed by atoms with Crippen LogP contribution in [0.1, 0.15) is 18.5 Å². The molecule has 0 spiro atoms. The number of fused-ring (bicyclic) bond motifs is 1. The fraction of sp³-hybridized carbons (Fsp3) is 0.300. The Morgan fingerprint density at radius 1 is 1.20 bits per heavy atom. The lowest BCUT2D eigenvalue weighted by atomic mass is 10.1. The number of nitrogens with zero attached hydrogens (tertiary/aromatic N) is 4. The Labute approximate surface area is 147 Å². The normalized spacial score (nSPS) is 16.2. The second-order valence-corrected chi connectivity index (χ2v) is 6.52. The van der Waals surface area contributed by atoms with E-state index in [1.807, 2.05) is 35.0 Å². The van der Waals surface area contributed by atoms with Crippen LogP contribution in [0, 0.1) is 0 Å². The molecule has 0 radical (unpaired) electrons. The molecule has 2 aromatic heterocycles. The Balaban J connectivity index is 1.62. The zero-order valence-electron chi connectivity index (χ0n) is 14.4. The smallest absolute Gasteiger partial charge is 0.154 e. The predicted octanol–water partition coefficient (Wildman–Crippen LogP) is 3.51. The monoisotopic (exact) mass is 334 g/mol. The lowest BCUT2D eigenvalue weighted by Gasteiger charge is -2.29. The lowest BCUT2D eigenvalue weighted by Crippen LogP contribution is -2.35. The molecule has 0 bridgehead atoms. The quantitative estimate of drug-likeness (QED) is 0.732. The van der Waals surface area contributed by atoms with Crippen LogP contribution in [-0.4, -0.2) is 45.7 Å². The number of rotatable bonds is 4. The highest BCUT2D eigenvalue weighted by molar-refractivity contribution is 5.65. The van der Waals surface area contributed by atoms with Crippen molar-refractivity contribution in [2.24, 2.45) is 0 Å². The molecule has 5 nitrogen and oxygen atoms in total. The van der Waals surface area contributed by atoms with E-state index in [4.69, 9.17) is 4.74 Å². The summed E-state index contributed by atoms with van der Waals surface area (Å²) in [4.78, 5) is 6.79. The minimum atomic E-state index is 0.291. The van der Waals surface area contributed by atoms with Gasteiger partial charge in [0.25, 0.3) is 0 Å². The molecule has 0 aliphatic carbocycles. The van der Waals surface area contributed by atoms with E-state index in [0.29, 0.717) is 6.10 Å². The third-order valence-electron chi connectivity index (χ3n) is 4.69. The first-order valence-corrected chi connectivity index (χ1v) is 8.66. The van der Waals surface area contributed by atoms with Crippen molar-refractivity contribution in [2.75, 3.05) is 20.1 Å². The summed E-state index contributed by atoms with van der Waals surface area (Å²) < 4.78 is 8.06. The first-order valence-electron chi connectivity index (χ1n) is 8.66. The molecule has 3 heterocycles. The van der Waals surface area contributed by atoms with E-state index in [-0.39, 0.29) is 0 Å². The molecular formula is C20H22N4O. The average molecular weight is 334 g/mol. The molecule has 0 N–H and O–H groups in total. The number of hydrogen-bond donors (Lipinski definition) is 0. The molecule has 25 heavy (non-hydrogen) atoms. The number of piperidine rings is 1. The van der Waals surface area contributed by atoms with Gasteiger partial charge in [0.2, 0.25) is 0 Å². The van der Waals surface area contributed by atoms with Crippen molar-refractivity contribution in [3.05, 3.63) is 54.9 Å². The van der Waals surface area contributed by atoms with E-state index in [1.165, 1.54) is 0 Å². The number of benzene rings is 1. The maximum absolute atomic E-state index is 6.21. The molecular weight excluding hydrogens is 312 g/mol. The van der Waals surface area contributed by atoms with Gasteiger partial charge in [-0.1, -0.05) is 18.7 Å². The zero-order chi connectivity index (χ0) is 17.2.